The van der Waals surface area contributed by atoms with E-state index >= 15 is 0 Å². The molecule has 0 atom stereocenters. The van der Waals surface area contributed by atoms with E-state index < -0.39 is 5.60 Å². The first-order chi connectivity index (χ1) is 7.85. The van der Waals surface area contributed by atoms with E-state index in [2.05, 4.69) is 0 Å². The first-order valence-electron chi connectivity index (χ1n) is 6.03. The van der Waals surface area contributed by atoms with Crippen LogP contribution in [-0.4, -0.2) is 36.9 Å². The average molecular weight is 241 g/mol. The van der Waals surface area contributed by atoms with Crippen LogP contribution in [0.1, 0.15) is 40.5 Å². The summed E-state index contributed by atoms with van der Waals surface area (Å²) in [7, 11) is 1.67. The summed E-state index contributed by atoms with van der Waals surface area (Å²) in [6.07, 6.45) is 1.71. The van der Waals surface area contributed by atoms with Crippen molar-refractivity contribution < 1.29 is 14.3 Å². The van der Waals surface area contributed by atoms with Crippen LogP contribution in [0.2, 0.25) is 0 Å². The van der Waals surface area contributed by atoms with Crippen LogP contribution in [0.3, 0.4) is 0 Å². The molecule has 1 amide bonds. The molecule has 98 valence electrons. The van der Waals surface area contributed by atoms with Crippen molar-refractivity contribution in [2.45, 2.75) is 46.1 Å². The molecule has 0 fully saturated rings. The van der Waals surface area contributed by atoms with E-state index in [9.17, 15) is 4.79 Å². The maximum absolute atomic E-state index is 12.0. The number of carbonyl (C=O) groups is 1. The molecule has 1 aliphatic heterocycles. The molecule has 0 unspecified atom stereocenters. The number of nitrogens with zero attached hydrogens (tertiary/aromatic N) is 1. The first-order valence-corrected chi connectivity index (χ1v) is 6.03. The number of amides is 1. The minimum Gasteiger partial charge on any atom is -0.443 e. The van der Waals surface area contributed by atoms with Gasteiger partial charge >= 0.3 is 6.09 Å². The summed E-state index contributed by atoms with van der Waals surface area (Å²) in [5.41, 5.74) is 1.72. The van der Waals surface area contributed by atoms with Gasteiger partial charge in [0, 0.05) is 19.4 Å². The van der Waals surface area contributed by atoms with Crippen LogP contribution in [0, 0.1) is 0 Å². The number of hydrogen-bond acceptors (Lipinski definition) is 3. The Kier molecular flexibility index (Phi) is 4.57. The molecule has 1 rings (SSSR count). The van der Waals surface area contributed by atoms with E-state index in [-0.39, 0.29) is 6.09 Å². The summed E-state index contributed by atoms with van der Waals surface area (Å²) >= 11 is 0. The summed E-state index contributed by atoms with van der Waals surface area (Å²) in [4.78, 5) is 13.7. The lowest BCUT2D eigenvalue weighted by Gasteiger charge is -2.32. The maximum atomic E-state index is 12.0. The van der Waals surface area contributed by atoms with Crippen LogP contribution in [0.5, 0.6) is 0 Å². The quantitative estimate of drug-likeness (QED) is 0.746. The highest BCUT2D eigenvalue weighted by atomic mass is 16.6. The van der Waals surface area contributed by atoms with Gasteiger partial charge in [0.25, 0.3) is 0 Å². The van der Waals surface area contributed by atoms with E-state index in [1.165, 1.54) is 5.57 Å². The molecule has 0 aromatic rings. The Balaban J connectivity index is 2.76. The molecule has 0 saturated carbocycles. The van der Waals surface area contributed by atoms with Crippen molar-refractivity contribution in [3.8, 4) is 0 Å². The summed E-state index contributed by atoms with van der Waals surface area (Å²) in [6.45, 7) is 8.91. The average Bonchev–Trinajstić information content (AvgIpc) is 2.18. The zero-order valence-corrected chi connectivity index (χ0v) is 11.5. The molecule has 0 aromatic carbocycles. The standard InChI is InChI=1S/C13H23NO3/c1-10-11(9-16-5)7-6-8-14(10)12(15)17-13(2,3)4/h6-9H2,1-5H3. The van der Waals surface area contributed by atoms with Gasteiger partial charge in [0.05, 0.1) is 6.61 Å². The Morgan fingerprint density at radius 1 is 1.41 bits per heavy atom. The van der Waals surface area contributed by atoms with Crippen molar-refractivity contribution in [2.75, 3.05) is 20.3 Å². The van der Waals surface area contributed by atoms with Crippen molar-refractivity contribution in [1.29, 1.82) is 0 Å². The smallest absolute Gasteiger partial charge is 0.414 e. The number of carbonyl (C=O) groups excluding carboxylic acids is 1. The van der Waals surface area contributed by atoms with E-state index in [0.717, 1.165) is 25.1 Å². The van der Waals surface area contributed by atoms with Crippen LogP contribution in [-0.2, 0) is 9.47 Å². The van der Waals surface area contributed by atoms with Gasteiger partial charge in [-0.2, -0.15) is 0 Å². The van der Waals surface area contributed by atoms with Gasteiger partial charge in [0.1, 0.15) is 5.60 Å². The lowest BCUT2D eigenvalue weighted by Crippen LogP contribution is -2.38. The van der Waals surface area contributed by atoms with Gasteiger partial charge in [0.2, 0.25) is 0 Å². The minimum absolute atomic E-state index is 0.261. The molecule has 17 heavy (non-hydrogen) atoms. The van der Waals surface area contributed by atoms with Gasteiger partial charge in [-0.1, -0.05) is 0 Å². The second-order valence-electron chi connectivity index (χ2n) is 5.36. The van der Waals surface area contributed by atoms with Crippen LogP contribution in [0.25, 0.3) is 0 Å². The molecule has 4 nitrogen and oxygen atoms in total. The van der Waals surface area contributed by atoms with Gasteiger partial charge in [0.15, 0.2) is 0 Å². The fraction of sp³-hybridized carbons (Fsp3) is 0.769. The molecular weight excluding hydrogens is 218 g/mol. The van der Waals surface area contributed by atoms with E-state index in [1.807, 2.05) is 27.7 Å². The summed E-state index contributed by atoms with van der Waals surface area (Å²) in [6, 6.07) is 0. The Hall–Kier alpha value is -1.03. The molecule has 0 saturated heterocycles. The van der Waals surface area contributed by atoms with Gasteiger partial charge in [-0.05, 0) is 46.1 Å². The van der Waals surface area contributed by atoms with Crippen molar-refractivity contribution >= 4 is 6.09 Å². The van der Waals surface area contributed by atoms with Gasteiger partial charge in [-0.3, -0.25) is 4.90 Å². The lowest BCUT2D eigenvalue weighted by atomic mass is 10.0. The van der Waals surface area contributed by atoms with Crippen LogP contribution >= 0.6 is 0 Å². The zero-order valence-electron chi connectivity index (χ0n) is 11.5. The first kappa shape index (κ1) is 14.0. The molecule has 0 aromatic heterocycles. The van der Waals surface area contributed by atoms with Crippen molar-refractivity contribution in [3.05, 3.63) is 11.3 Å². The van der Waals surface area contributed by atoms with Crippen LogP contribution in [0.15, 0.2) is 11.3 Å². The number of rotatable bonds is 2. The van der Waals surface area contributed by atoms with Crippen LogP contribution < -0.4 is 0 Å². The third kappa shape index (κ3) is 4.04. The normalized spacial score (nSPS) is 17.4. The Labute approximate surface area is 104 Å². The van der Waals surface area contributed by atoms with Gasteiger partial charge in [-0.15, -0.1) is 0 Å². The summed E-state index contributed by atoms with van der Waals surface area (Å²) in [5.74, 6) is 0. The fourth-order valence-corrected chi connectivity index (χ4v) is 1.89. The third-order valence-electron chi connectivity index (χ3n) is 2.71. The second kappa shape index (κ2) is 5.54. The minimum atomic E-state index is -0.448. The maximum Gasteiger partial charge on any atom is 0.414 e. The van der Waals surface area contributed by atoms with Crippen molar-refractivity contribution in [2.24, 2.45) is 0 Å². The fourth-order valence-electron chi connectivity index (χ4n) is 1.89. The SMILES string of the molecule is COCC1=C(C)N(C(=O)OC(C)(C)C)CCC1. The highest BCUT2D eigenvalue weighted by molar-refractivity contribution is 5.70. The summed E-state index contributed by atoms with van der Waals surface area (Å²) < 4.78 is 10.5. The molecule has 0 N–H and O–H groups in total. The van der Waals surface area contributed by atoms with E-state index in [0.29, 0.717) is 6.61 Å². The highest BCUT2D eigenvalue weighted by Crippen LogP contribution is 2.24. The number of methoxy groups -OCH3 is 1. The molecule has 4 heteroatoms. The zero-order chi connectivity index (χ0) is 13.1. The highest BCUT2D eigenvalue weighted by Gasteiger charge is 2.26. The summed E-state index contributed by atoms with van der Waals surface area (Å²) in [5, 5.41) is 0. The van der Waals surface area contributed by atoms with Crippen molar-refractivity contribution in [3.63, 3.8) is 0 Å². The lowest BCUT2D eigenvalue weighted by molar-refractivity contribution is 0.0296. The Morgan fingerprint density at radius 2 is 2.06 bits per heavy atom. The predicted molar refractivity (Wildman–Crippen MR) is 66.8 cm³/mol. The predicted octanol–water partition coefficient (Wildman–Crippen LogP) is 2.94. The number of allylic oxidation sites excluding steroid dienone is 1. The molecular formula is C13H23NO3. The molecule has 1 aliphatic rings. The monoisotopic (exact) mass is 241 g/mol. The van der Waals surface area contributed by atoms with Gasteiger partial charge < -0.3 is 9.47 Å². The van der Waals surface area contributed by atoms with Crippen molar-refractivity contribution in [1.82, 2.24) is 4.90 Å². The van der Waals surface area contributed by atoms with E-state index in [4.69, 9.17) is 9.47 Å². The van der Waals surface area contributed by atoms with Gasteiger partial charge in [-0.25, -0.2) is 4.79 Å². The third-order valence-corrected chi connectivity index (χ3v) is 2.71. The molecule has 0 radical (unpaired) electrons. The Morgan fingerprint density at radius 3 is 2.59 bits per heavy atom. The molecule has 1 heterocycles. The largest absolute Gasteiger partial charge is 0.443 e. The topological polar surface area (TPSA) is 38.8 Å². The number of ether oxygens (including phenoxy) is 2. The molecule has 0 aliphatic carbocycles. The molecule has 0 bridgehead atoms. The number of hydrogen-bond donors (Lipinski definition) is 0. The molecule has 0 spiro atoms. The second-order valence-corrected chi connectivity index (χ2v) is 5.36. The van der Waals surface area contributed by atoms with Crippen LogP contribution in [0.4, 0.5) is 4.79 Å². The Bertz CT molecular complexity index is 315. The van der Waals surface area contributed by atoms with E-state index in [1.54, 1.807) is 12.0 Å².